The van der Waals surface area contributed by atoms with Gasteiger partial charge in [-0.3, -0.25) is 0 Å². The molecule has 1 atom stereocenters. The van der Waals surface area contributed by atoms with Crippen molar-refractivity contribution in [3.63, 3.8) is 0 Å². The van der Waals surface area contributed by atoms with Crippen molar-refractivity contribution in [3.05, 3.63) is 0 Å². The van der Waals surface area contributed by atoms with Crippen LogP contribution in [0.5, 0.6) is 0 Å². The van der Waals surface area contributed by atoms with E-state index in [-0.39, 0.29) is 35.7 Å². The van der Waals surface area contributed by atoms with Crippen LogP contribution in [0.2, 0.25) is 0 Å². The Morgan fingerprint density at radius 2 is 1.75 bits per heavy atom. The van der Waals surface area contributed by atoms with Crippen molar-refractivity contribution in [3.8, 4) is 0 Å². The molecule has 0 aliphatic rings. The molecule has 0 saturated heterocycles. The maximum atomic E-state index is 9.45. The molecule has 0 bridgehead atoms. The van der Waals surface area contributed by atoms with Gasteiger partial charge in [0.05, 0.1) is 0 Å². The van der Waals surface area contributed by atoms with E-state index in [0.29, 0.717) is 0 Å². The predicted octanol–water partition coefficient (Wildman–Crippen LogP) is -1.03. The first-order valence-electron chi connectivity index (χ1n) is 1.55. The Bertz CT molecular complexity index is 65.5. The summed E-state index contributed by atoms with van der Waals surface area (Å²) in [4.78, 5) is 9.45. The number of carbonyl (C=O) groups is 1. The molecule has 0 rings (SSSR count). The summed E-state index contributed by atoms with van der Waals surface area (Å²) in [6.45, 7) is 1.20. The molecule has 5 heteroatoms. The van der Waals surface area contributed by atoms with E-state index in [1.165, 1.54) is 6.92 Å². The molecule has 0 amide bonds. The van der Waals surface area contributed by atoms with Gasteiger partial charge in [0.1, 0.15) is 6.10 Å². The fourth-order valence-electron chi connectivity index (χ4n) is 0. The minimum atomic E-state index is -1.23. The van der Waals surface area contributed by atoms with Crippen LogP contribution >= 0.6 is 0 Å². The average molecular weight is 131 g/mol. The fraction of sp³-hybridized carbons (Fsp3) is 0.667. The SMILES string of the molecule is CC(O)C(=O)O.N.[NaH]. The topological polar surface area (TPSA) is 92.5 Å². The summed E-state index contributed by atoms with van der Waals surface area (Å²) in [6.07, 6.45) is -1.23. The van der Waals surface area contributed by atoms with Crippen LogP contribution in [0.4, 0.5) is 0 Å². The summed E-state index contributed by atoms with van der Waals surface area (Å²) in [5.41, 5.74) is 0. The molecule has 0 aromatic rings. The summed E-state index contributed by atoms with van der Waals surface area (Å²) >= 11 is 0. The van der Waals surface area contributed by atoms with Crippen LogP contribution in [0.1, 0.15) is 6.92 Å². The first-order valence-corrected chi connectivity index (χ1v) is 1.55. The molecule has 0 saturated carbocycles. The zero-order valence-electron chi connectivity index (χ0n) is 4.09. The average Bonchev–Trinajstić information content (AvgIpc) is 1.36. The van der Waals surface area contributed by atoms with Gasteiger partial charge in [-0.1, -0.05) is 0 Å². The molecule has 0 aromatic carbocycles. The second-order valence-electron chi connectivity index (χ2n) is 1.01. The van der Waals surface area contributed by atoms with Crippen molar-refractivity contribution >= 4 is 35.5 Å². The van der Waals surface area contributed by atoms with E-state index in [1.54, 1.807) is 0 Å². The molecule has 0 fully saturated rings. The normalized spacial score (nSPS) is 10.2. The fourth-order valence-corrected chi connectivity index (χ4v) is 0. The molecule has 1 unspecified atom stereocenters. The number of carboxylic acid groups (broad SMARTS) is 1. The summed E-state index contributed by atoms with van der Waals surface area (Å²) < 4.78 is 0. The van der Waals surface area contributed by atoms with E-state index < -0.39 is 12.1 Å². The summed E-state index contributed by atoms with van der Waals surface area (Å²) in [6, 6.07) is 0. The quantitative estimate of drug-likeness (QED) is 0.396. The third kappa shape index (κ3) is 9.63. The first kappa shape index (κ1) is 15.8. The number of aliphatic hydroxyl groups excluding tert-OH is 1. The van der Waals surface area contributed by atoms with Crippen LogP contribution in [0.25, 0.3) is 0 Å². The molecular weight excluding hydrogens is 121 g/mol. The standard InChI is InChI=1S/C3H6O3.H3N.Na.H/c1-2(4)3(5)6;;;/h2,4H,1H3,(H,5,6);1H3;;. The molecule has 4 nitrogen and oxygen atoms in total. The molecule has 0 spiro atoms. The molecule has 0 radical (unpaired) electrons. The summed E-state index contributed by atoms with van der Waals surface area (Å²) in [7, 11) is 0. The minimum absolute atomic E-state index is 0. The molecular formula is C3H10NNaO3. The molecule has 46 valence electrons. The number of rotatable bonds is 1. The number of aliphatic hydroxyl groups is 1. The van der Waals surface area contributed by atoms with Gasteiger partial charge >= 0.3 is 35.5 Å². The number of hydrogen-bond acceptors (Lipinski definition) is 3. The van der Waals surface area contributed by atoms with Gasteiger partial charge in [0.15, 0.2) is 0 Å². The molecule has 0 aromatic heterocycles. The second kappa shape index (κ2) is 7.39. The van der Waals surface area contributed by atoms with E-state index in [9.17, 15) is 4.79 Å². The van der Waals surface area contributed by atoms with Crippen molar-refractivity contribution in [2.24, 2.45) is 0 Å². The Morgan fingerprint density at radius 1 is 1.62 bits per heavy atom. The zero-order valence-corrected chi connectivity index (χ0v) is 4.09. The van der Waals surface area contributed by atoms with Gasteiger partial charge < -0.3 is 16.4 Å². The zero-order chi connectivity index (χ0) is 5.15. The Labute approximate surface area is 69.8 Å². The number of carboxylic acids is 1. The van der Waals surface area contributed by atoms with Crippen LogP contribution in [0, 0.1) is 0 Å². The van der Waals surface area contributed by atoms with Crippen LogP contribution in [0.3, 0.4) is 0 Å². The van der Waals surface area contributed by atoms with Crippen molar-refractivity contribution in [2.45, 2.75) is 13.0 Å². The van der Waals surface area contributed by atoms with Gasteiger partial charge in [-0.05, 0) is 6.92 Å². The van der Waals surface area contributed by atoms with E-state index in [0.717, 1.165) is 0 Å². The second-order valence-corrected chi connectivity index (χ2v) is 1.01. The number of aliphatic carboxylic acids is 1. The van der Waals surface area contributed by atoms with E-state index >= 15 is 0 Å². The number of hydrogen-bond donors (Lipinski definition) is 3. The van der Waals surface area contributed by atoms with Gasteiger partial charge in [-0.25, -0.2) is 4.79 Å². The van der Waals surface area contributed by atoms with Crippen LogP contribution in [-0.2, 0) is 4.79 Å². The third-order valence-corrected chi connectivity index (χ3v) is 0.357. The Balaban J connectivity index is -0.000000125. The van der Waals surface area contributed by atoms with Gasteiger partial charge in [0.2, 0.25) is 0 Å². The molecule has 0 aliphatic carbocycles. The van der Waals surface area contributed by atoms with Crippen LogP contribution < -0.4 is 6.15 Å². The molecule has 0 aliphatic heterocycles. The van der Waals surface area contributed by atoms with Gasteiger partial charge in [-0.2, -0.15) is 0 Å². The third-order valence-electron chi connectivity index (χ3n) is 0.357. The van der Waals surface area contributed by atoms with E-state index in [1.807, 2.05) is 0 Å². The van der Waals surface area contributed by atoms with Crippen molar-refractivity contribution in [1.29, 1.82) is 0 Å². The first-order chi connectivity index (χ1) is 2.64. The van der Waals surface area contributed by atoms with Gasteiger partial charge in [-0.15, -0.1) is 0 Å². The maximum absolute atomic E-state index is 9.45. The van der Waals surface area contributed by atoms with E-state index in [4.69, 9.17) is 10.2 Å². The van der Waals surface area contributed by atoms with Crippen molar-refractivity contribution in [1.82, 2.24) is 6.15 Å². The predicted molar refractivity (Wildman–Crippen MR) is 31.5 cm³/mol. The molecule has 5 N–H and O–H groups in total. The Morgan fingerprint density at radius 3 is 1.75 bits per heavy atom. The van der Waals surface area contributed by atoms with Crippen LogP contribution in [-0.4, -0.2) is 51.8 Å². The van der Waals surface area contributed by atoms with Gasteiger partial charge in [0.25, 0.3) is 0 Å². The van der Waals surface area contributed by atoms with E-state index in [2.05, 4.69) is 0 Å². The molecule has 8 heavy (non-hydrogen) atoms. The Kier molecular flexibility index (Phi) is 14.6. The van der Waals surface area contributed by atoms with Gasteiger partial charge in [0, 0.05) is 0 Å². The van der Waals surface area contributed by atoms with Crippen molar-refractivity contribution in [2.75, 3.05) is 0 Å². The summed E-state index contributed by atoms with van der Waals surface area (Å²) in [5, 5.41) is 15.8. The van der Waals surface area contributed by atoms with Crippen LogP contribution in [0.15, 0.2) is 0 Å². The van der Waals surface area contributed by atoms with Crippen molar-refractivity contribution < 1.29 is 15.0 Å². The monoisotopic (exact) mass is 131 g/mol. The molecule has 0 heterocycles. The Hall–Kier alpha value is 0.390. The summed E-state index contributed by atoms with van der Waals surface area (Å²) in [5.74, 6) is -1.19.